The van der Waals surface area contributed by atoms with Crippen LogP contribution >= 0.6 is 0 Å². The Morgan fingerprint density at radius 1 is 1.38 bits per heavy atom. The lowest BCUT2D eigenvalue weighted by molar-refractivity contribution is -0.132. The lowest BCUT2D eigenvalue weighted by Crippen LogP contribution is -2.39. The van der Waals surface area contributed by atoms with Gasteiger partial charge in [-0.2, -0.15) is 0 Å². The highest BCUT2D eigenvalue weighted by molar-refractivity contribution is 6.02. The van der Waals surface area contributed by atoms with E-state index in [0.717, 1.165) is 0 Å². The van der Waals surface area contributed by atoms with Crippen molar-refractivity contribution in [2.24, 2.45) is 5.41 Å². The van der Waals surface area contributed by atoms with Crippen LogP contribution in [-0.2, 0) is 9.53 Å². The van der Waals surface area contributed by atoms with E-state index in [4.69, 9.17) is 4.74 Å². The molecule has 1 saturated heterocycles. The third-order valence-corrected chi connectivity index (χ3v) is 1.88. The average Bonchev–Trinajstić information content (AvgIpc) is 2.00. The summed E-state index contributed by atoms with van der Waals surface area (Å²) < 4.78 is 4.94. The predicted molar refractivity (Wildman–Crippen MR) is 47.1 cm³/mol. The van der Waals surface area contributed by atoms with Gasteiger partial charge in [0.15, 0.2) is 5.60 Å². The van der Waals surface area contributed by atoms with Crippen LogP contribution < -0.4 is 5.32 Å². The number of carbonyl (C=O) groups excluding carboxylic acids is 2. The van der Waals surface area contributed by atoms with E-state index >= 15 is 0 Å². The minimum absolute atomic E-state index is 0.0449. The number of hydrogen-bond donors (Lipinski definition) is 1. The Labute approximate surface area is 77.6 Å². The molecule has 0 radical (unpaired) electrons. The smallest absolute Gasteiger partial charge is 0.415 e. The first-order valence-electron chi connectivity index (χ1n) is 4.27. The minimum atomic E-state index is -0.991. The van der Waals surface area contributed by atoms with Gasteiger partial charge < -0.3 is 4.74 Å². The molecule has 0 aromatic carbocycles. The second-order valence-electron chi connectivity index (χ2n) is 4.81. The van der Waals surface area contributed by atoms with E-state index in [1.54, 1.807) is 6.92 Å². The predicted octanol–water partition coefficient (Wildman–Crippen LogP) is 1.45. The summed E-state index contributed by atoms with van der Waals surface area (Å²) in [6.45, 7) is 7.63. The van der Waals surface area contributed by atoms with Gasteiger partial charge in [-0.25, -0.2) is 4.79 Å². The lowest BCUT2D eigenvalue weighted by Gasteiger charge is -2.27. The molecule has 0 spiro atoms. The molecule has 1 atom stereocenters. The van der Waals surface area contributed by atoms with Crippen LogP contribution in [0.3, 0.4) is 0 Å². The summed E-state index contributed by atoms with van der Waals surface area (Å²) in [5.41, 5.74) is -1.04. The van der Waals surface area contributed by atoms with Gasteiger partial charge in [-0.15, -0.1) is 0 Å². The highest BCUT2D eigenvalue weighted by Crippen LogP contribution is 2.32. The largest absolute Gasteiger partial charge is 0.433 e. The molecule has 74 valence electrons. The van der Waals surface area contributed by atoms with Crippen molar-refractivity contribution in [2.75, 3.05) is 0 Å². The summed E-state index contributed by atoms with van der Waals surface area (Å²) in [6, 6.07) is 0. The number of carbonyl (C=O) groups is 2. The first-order chi connectivity index (χ1) is 5.73. The summed E-state index contributed by atoms with van der Waals surface area (Å²) >= 11 is 0. The van der Waals surface area contributed by atoms with Crippen LogP contribution in [-0.4, -0.2) is 17.6 Å². The first-order valence-corrected chi connectivity index (χ1v) is 4.27. The number of nitrogens with one attached hydrogen (secondary N) is 1. The molecule has 0 saturated carbocycles. The number of ether oxygens (including phenoxy) is 1. The van der Waals surface area contributed by atoms with Crippen LogP contribution in [0.4, 0.5) is 4.79 Å². The van der Waals surface area contributed by atoms with Crippen molar-refractivity contribution >= 4 is 12.0 Å². The Hall–Kier alpha value is -1.06. The highest BCUT2D eigenvalue weighted by Gasteiger charge is 2.46. The Kier molecular flexibility index (Phi) is 2.10. The Bertz CT molecular complexity index is 254. The second-order valence-corrected chi connectivity index (χ2v) is 4.81. The van der Waals surface area contributed by atoms with Crippen molar-refractivity contribution < 1.29 is 14.3 Å². The van der Waals surface area contributed by atoms with E-state index in [2.05, 4.69) is 5.32 Å². The zero-order valence-electron chi connectivity index (χ0n) is 8.43. The molecule has 1 aliphatic heterocycles. The third-order valence-electron chi connectivity index (χ3n) is 1.88. The van der Waals surface area contributed by atoms with Crippen molar-refractivity contribution in [1.82, 2.24) is 5.32 Å². The van der Waals surface area contributed by atoms with Crippen LogP contribution in [0, 0.1) is 5.41 Å². The number of amides is 2. The Morgan fingerprint density at radius 3 is 2.23 bits per heavy atom. The molecule has 4 heteroatoms. The molecule has 0 bridgehead atoms. The topological polar surface area (TPSA) is 55.4 Å². The molecule has 1 fully saturated rings. The van der Waals surface area contributed by atoms with E-state index in [9.17, 15) is 9.59 Å². The number of alkyl carbamates (subject to hydrolysis) is 1. The van der Waals surface area contributed by atoms with E-state index < -0.39 is 11.7 Å². The fourth-order valence-corrected chi connectivity index (χ4v) is 1.63. The fraction of sp³-hybridized carbons (Fsp3) is 0.778. The van der Waals surface area contributed by atoms with Crippen molar-refractivity contribution in [1.29, 1.82) is 0 Å². The highest BCUT2D eigenvalue weighted by atomic mass is 16.6. The molecule has 0 aliphatic carbocycles. The molecular formula is C9H15NO3. The maximum atomic E-state index is 11.3. The molecule has 0 aromatic rings. The third kappa shape index (κ3) is 2.20. The van der Waals surface area contributed by atoms with Gasteiger partial charge in [0.05, 0.1) is 0 Å². The molecule has 13 heavy (non-hydrogen) atoms. The van der Waals surface area contributed by atoms with Gasteiger partial charge in [-0.3, -0.25) is 10.1 Å². The molecular weight excluding hydrogens is 170 g/mol. The van der Waals surface area contributed by atoms with Crippen LogP contribution in [0.1, 0.15) is 34.1 Å². The van der Waals surface area contributed by atoms with Crippen molar-refractivity contribution in [3.05, 3.63) is 0 Å². The Morgan fingerprint density at radius 2 is 1.92 bits per heavy atom. The zero-order chi connectivity index (χ0) is 10.3. The summed E-state index contributed by atoms with van der Waals surface area (Å²) in [5, 5.41) is 2.13. The van der Waals surface area contributed by atoms with E-state index in [1.807, 2.05) is 20.8 Å². The van der Waals surface area contributed by atoms with Gasteiger partial charge in [0, 0.05) is 6.42 Å². The summed E-state index contributed by atoms with van der Waals surface area (Å²) in [7, 11) is 0. The molecule has 1 unspecified atom stereocenters. The molecule has 1 aliphatic rings. The average molecular weight is 185 g/mol. The molecule has 4 nitrogen and oxygen atoms in total. The SMILES string of the molecule is CC(C)(C)CC1(C)OC(=O)NC1=O. The van der Waals surface area contributed by atoms with Crippen molar-refractivity contribution in [2.45, 2.75) is 39.7 Å². The van der Waals surface area contributed by atoms with E-state index in [-0.39, 0.29) is 11.3 Å². The van der Waals surface area contributed by atoms with Crippen molar-refractivity contribution in [3.8, 4) is 0 Å². The monoisotopic (exact) mass is 185 g/mol. The number of hydrogen-bond acceptors (Lipinski definition) is 3. The van der Waals surface area contributed by atoms with Crippen LogP contribution in [0.2, 0.25) is 0 Å². The maximum absolute atomic E-state index is 11.3. The van der Waals surface area contributed by atoms with Gasteiger partial charge in [0.2, 0.25) is 0 Å². The molecule has 0 aromatic heterocycles. The standard InChI is InChI=1S/C9H15NO3/c1-8(2,3)5-9(4)6(11)10-7(12)13-9/h5H2,1-4H3,(H,10,11,12). The number of imide groups is 1. The molecule has 2 amide bonds. The van der Waals surface area contributed by atoms with Crippen molar-refractivity contribution in [3.63, 3.8) is 0 Å². The summed E-state index contributed by atoms with van der Waals surface area (Å²) in [6.07, 6.45) is -0.117. The summed E-state index contributed by atoms with van der Waals surface area (Å²) in [5.74, 6) is -0.340. The summed E-state index contributed by atoms with van der Waals surface area (Å²) in [4.78, 5) is 22.1. The number of cyclic esters (lactones) is 1. The Balaban J connectivity index is 2.77. The number of rotatable bonds is 1. The normalized spacial score (nSPS) is 28.6. The van der Waals surface area contributed by atoms with Crippen LogP contribution in [0.5, 0.6) is 0 Å². The van der Waals surface area contributed by atoms with Gasteiger partial charge in [0.25, 0.3) is 5.91 Å². The second kappa shape index (κ2) is 2.72. The quantitative estimate of drug-likeness (QED) is 0.672. The fourth-order valence-electron chi connectivity index (χ4n) is 1.63. The molecule has 1 heterocycles. The van der Waals surface area contributed by atoms with E-state index in [0.29, 0.717) is 6.42 Å². The maximum Gasteiger partial charge on any atom is 0.415 e. The minimum Gasteiger partial charge on any atom is -0.433 e. The first kappa shape index (κ1) is 10.0. The molecule has 1 N–H and O–H groups in total. The van der Waals surface area contributed by atoms with E-state index in [1.165, 1.54) is 0 Å². The van der Waals surface area contributed by atoms with Gasteiger partial charge in [-0.05, 0) is 12.3 Å². The lowest BCUT2D eigenvalue weighted by atomic mass is 9.82. The molecule has 1 rings (SSSR count). The van der Waals surface area contributed by atoms with Crippen LogP contribution in [0.25, 0.3) is 0 Å². The van der Waals surface area contributed by atoms with Gasteiger partial charge in [0.1, 0.15) is 0 Å². The zero-order valence-corrected chi connectivity index (χ0v) is 8.43. The van der Waals surface area contributed by atoms with Gasteiger partial charge in [-0.1, -0.05) is 20.8 Å². The van der Waals surface area contributed by atoms with Gasteiger partial charge >= 0.3 is 6.09 Å². The van der Waals surface area contributed by atoms with Crippen LogP contribution in [0.15, 0.2) is 0 Å².